The molecule has 2 rings (SSSR count). The van der Waals surface area contributed by atoms with Crippen LogP contribution in [-0.4, -0.2) is 34.9 Å². The van der Waals surface area contributed by atoms with Crippen LogP contribution in [0.25, 0.3) is 0 Å². The first kappa shape index (κ1) is 13.1. The van der Waals surface area contributed by atoms with Gasteiger partial charge in [0, 0.05) is 19.4 Å². The zero-order valence-corrected chi connectivity index (χ0v) is 10.9. The van der Waals surface area contributed by atoms with Crippen molar-refractivity contribution in [1.29, 1.82) is 0 Å². The van der Waals surface area contributed by atoms with Crippen LogP contribution in [0, 0.1) is 0 Å². The smallest absolute Gasteiger partial charge is 0.414 e. The summed E-state index contributed by atoms with van der Waals surface area (Å²) in [6.07, 6.45) is 2.58. The third kappa shape index (κ3) is 2.93. The molecule has 19 heavy (non-hydrogen) atoms. The zero-order chi connectivity index (χ0) is 13.8. The Bertz CT molecular complexity index is 499. The molecule has 0 bridgehead atoms. The molecule has 0 unspecified atom stereocenters. The number of likely N-dealkylation sites (N-methyl/N-ethyl adjacent to an activating group) is 1. The number of ether oxygens (including phenoxy) is 1. The van der Waals surface area contributed by atoms with Crippen molar-refractivity contribution in [2.75, 3.05) is 7.05 Å². The predicted molar refractivity (Wildman–Crippen MR) is 69.8 cm³/mol. The molecule has 1 atom stereocenters. The summed E-state index contributed by atoms with van der Waals surface area (Å²) in [6, 6.07) is 8.87. The molecule has 1 aliphatic heterocycles. The molecule has 100 valence electrons. The lowest BCUT2D eigenvalue weighted by Gasteiger charge is -2.31. The Morgan fingerprint density at radius 3 is 2.63 bits per heavy atom. The van der Waals surface area contributed by atoms with E-state index in [2.05, 4.69) is 0 Å². The maximum Gasteiger partial charge on any atom is 0.414 e. The van der Waals surface area contributed by atoms with Gasteiger partial charge >= 0.3 is 6.09 Å². The standard InChI is InChI=1S/C14H16N2O3/c1-11-13(17)15(2)8-9-16(11)14(18)19-10-12-6-4-3-5-7-12/h3-9,11H,10H2,1-2H3/t11-/m1/s1. The lowest BCUT2D eigenvalue weighted by molar-refractivity contribution is -0.132. The van der Waals surface area contributed by atoms with Gasteiger partial charge in [0.25, 0.3) is 0 Å². The van der Waals surface area contributed by atoms with Crippen molar-refractivity contribution in [1.82, 2.24) is 9.80 Å². The second kappa shape index (κ2) is 5.56. The molecule has 1 aliphatic rings. The molecule has 0 saturated carbocycles. The molecule has 1 aromatic carbocycles. The van der Waals surface area contributed by atoms with E-state index in [1.165, 1.54) is 9.80 Å². The van der Waals surface area contributed by atoms with Crippen molar-refractivity contribution >= 4 is 12.0 Å². The summed E-state index contributed by atoms with van der Waals surface area (Å²) in [5.41, 5.74) is 0.910. The number of carbonyl (C=O) groups excluding carboxylic acids is 2. The molecule has 5 nitrogen and oxygen atoms in total. The first-order valence-corrected chi connectivity index (χ1v) is 6.03. The molecule has 2 amide bonds. The minimum absolute atomic E-state index is 0.140. The van der Waals surface area contributed by atoms with E-state index in [4.69, 9.17) is 4.74 Å². The maximum atomic E-state index is 11.9. The van der Waals surface area contributed by atoms with Gasteiger partial charge in [0.15, 0.2) is 0 Å². The fourth-order valence-electron chi connectivity index (χ4n) is 1.80. The van der Waals surface area contributed by atoms with Crippen LogP contribution < -0.4 is 0 Å². The van der Waals surface area contributed by atoms with Crippen LogP contribution in [0.2, 0.25) is 0 Å². The second-order valence-electron chi connectivity index (χ2n) is 4.37. The number of carbonyl (C=O) groups is 2. The summed E-state index contributed by atoms with van der Waals surface area (Å²) < 4.78 is 5.19. The largest absolute Gasteiger partial charge is 0.444 e. The van der Waals surface area contributed by atoms with Crippen molar-refractivity contribution in [2.24, 2.45) is 0 Å². The third-order valence-electron chi connectivity index (χ3n) is 2.99. The normalized spacial score (nSPS) is 18.6. The van der Waals surface area contributed by atoms with E-state index in [1.54, 1.807) is 26.4 Å². The van der Waals surface area contributed by atoms with Crippen LogP contribution in [0.4, 0.5) is 4.79 Å². The van der Waals surface area contributed by atoms with Crippen LogP contribution in [0.1, 0.15) is 12.5 Å². The number of hydrogen-bond donors (Lipinski definition) is 0. The highest BCUT2D eigenvalue weighted by Gasteiger charge is 2.30. The van der Waals surface area contributed by atoms with Gasteiger partial charge in [0.1, 0.15) is 12.6 Å². The van der Waals surface area contributed by atoms with Gasteiger partial charge < -0.3 is 9.64 Å². The summed E-state index contributed by atoms with van der Waals surface area (Å²) in [4.78, 5) is 26.4. The Kier molecular flexibility index (Phi) is 3.85. The molecular weight excluding hydrogens is 244 g/mol. The predicted octanol–water partition coefficient (Wildman–Crippen LogP) is 1.96. The highest BCUT2D eigenvalue weighted by atomic mass is 16.6. The number of amides is 2. The molecule has 0 fully saturated rings. The molecule has 0 radical (unpaired) electrons. The lowest BCUT2D eigenvalue weighted by Crippen LogP contribution is -2.48. The molecule has 0 N–H and O–H groups in total. The monoisotopic (exact) mass is 260 g/mol. The van der Waals surface area contributed by atoms with E-state index < -0.39 is 12.1 Å². The summed E-state index contributed by atoms with van der Waals surface area (Å²) in [5, 5.41) is 0. The fraction of sp³-hybridized carbons (Fsp3) is 0.286. The van der Waals surface area contributed by atoms with E-state index >= 15 is 0 Å². The average molecular weight is 260 g/mol. The zero-order valence-electron chi connectivity index (χ0n) is 10.9. The van der Waals surface area contributed by atoms with Crippen LogP contribution in [-0.2, 0) is 16.1 Å². The van der Waals surface area contributed by atoms with Gasteiger partial charge in [0.05, 0.1) is 0 Å². The third-order valence-corrected chi connectivity index (χ3v) is 2.99. The van der Waals surface area contributed by atoms with Gasteiger partial charge in [-0.15, -0.1) is 0 Å². The summed E-state index contributed by atoms with van der Waals surface area (Å²) in [7, 11) is 1.65. The SMILES string of the molecule is C[C@@H]1C(=O)N(C)C=CN1C(=O)OCc1ccccc1. The first-order valence-electron chi connectivity index (χ1n) is 6.03. The summed E-state index contributed by atoms with van der Waals surface area (Å²) >= 11 is 0. The van der Waals surface area contributed by atoms with E-state index in [9.17, 15) is 9.59 Å². The van der Waals surface area contributed by atoms with Crippen molar-refractivity contribution in [2.45, 2.75) is 19.6 Å². The van der Waals surface area contributed by atoms with Crippen LogP contribution in [0.5, 0.6) is 0 Å². The molecule has 1 heterocycles. The minimum atomic E-state index is -0.543. The van der Waals surface area contributed by atoms with Gasteiger partial charge in [-0.05, 0) is 12.5 Å². The van der Waals surface area contributed by atoms with Gasteiger partial charge in [-0.1, -0.05) is 30.3 Å². The molecular formula is C14H16N2O3. The van der Waals surface area contributed by atoms with Crippen molar-refractivity contribution < 1.29 is 14.3 Å². The van der Waals surface area contributed by atoms with Crippen LogP contribution in [0.15, 0.2) is 42.7 Å². The maximum absolute atomic E-state index is 11.9. The quantitative estimate of drug-likeness (QED) is 0.816. The Morgan fingerprint density at radius 2 is 1.95 bits per heavy atom. The van der Waals surface area contributed by atoms with Crippen molar-refractivity contribution in [3.8, 4) is 0 Å². The molecule has 0 aliphatic carbocycles. The van der Waals surface area contributed by atoms with E-state index in [1.807, 2.05) is 30.3 Å². The number of hydrogen-bond acceptors (Lipinski definition) is 3. The van der Waals surface area contributed by atoms with E-state index in [0.29, 0.717) is 0 Å². The lowest BCUT2D eigenvalue weighted by atomic mass is 10.2. The summed E-state index contributed by atoms with van der Waals surface area (Å²) in [6.45, 7) is 1.87. The Balaban J connectivity index is 1.97. The Labute approximate surface area is 112 Å². The first-order chi connectivity index (χ1) is 9.09. The highest BCUT2D eigenvalue weighted by Crippen LogP contribution is 2.13. The molecule has 0 saturated heterocycles. The molecule has 0 spiro atoms. The van der Waals surface area contributed by atoms with Gasteiger partial charge in [-0.3, -0.25) is 9.69 Å². The Hall–Kier alpha value is -2.30. The van der Waals surface area contributed by atoms with E-state index in [-0.39, 0.29) is 12.5 Å². The fourth-order valence-corrected chi connectivity index (χ4v) is 1.80. The average Bonchev–Trinajstić information content (AvgIpc) is 2.43. The second-order valence-corrected chi connectivity index (χ2v) is 4.37. The van der Waals surface area contributed by atoms with Gasteiger partial charge in [-0.2, -0.15) is 0 Å². The topological polar surface area (TPSA) is 49.9 Å². The van der Waals surface area contributed by atoms with Gasteiger partial charge in [-0.25, -0.2) is 4.79 Å². The minimum Gasteiger partial charge on any atom is -0.444 e. The highest BCUT2D eigenvalue weighted by molar-refractivity contribution is 5.87. The van der Waals surface area contributed by atoms with Crippen molar-refractivity contribution in [3.63, 3.8) is 0 Å². The van der Waals surface area contributed by atoms with Crippen LogP contribution in [0.3, 0.4) is 0 Å². The number of benzene rings is 1. The molecule has 5 heteroatoms. The summed E-state index contributed by atoms with van der Waals surface area (Å²) in [5.74, 6) is -0.140. The van der Waals surface area contributed by atoms with Gasteiger partial charge in [0.2, 0.25) is 5.91 Å². The van der Waals surface area contributed by atoms with Crippen molar-refractivity contribution in [3.05, 3.63) is 48.3 Å². The van der Waals surface area contributed by atoms with E-state index in [0.717, 1.165) is 5.56 Å². The number of nitrogens with zero attached hydrogens (tertiary/aromatic N) is 2. The molecule has 1 aromatic rings. The van der Waals surface area contributed by atoms with Crippen LogP contribution >= 0.6 is 0 Å². The molecule has 0 aromatic heterocycles. The number of rotatable bonds is 2. The Morgan fingerprint density at radius 1 is 1.26 bits per heavy atom.